The maximum absolute atomic E-state index is 14.7. The predicted octanol–water partition coefficient (Wildman–Crippen LogP) is 5.92. The number of nitriles is 1. The number of anilines is 1. The largest absolute Gasteiger partial charge is 0.481 e. The average molecular weight is 502 g/mol. The van der Waals surface area contributed by atoms with Gasteiger partial charge in [-0.2, -0.15) is 5.26 Å². The molecular weight excluding hydrogens is 476 g/mol. The number of pyridine rings is 2. The van der Waals surface area contributed by atoms with Crippen molar-refractivity contribution >= 4 is 22.8 Å². The van der Waals surface area contributed by atoms with E-state index in [1.165, 1.54) is 31.7 Å². The summed E-state index contributed by atoms with van der Waals surface area (Å²) in [7, 11) is 0. The van der Waals surface area contributed by atoms with Crippen LogP contribution in [0.5, 0.6) is 0 Å². The van der Waals surface area contributed by atoms with Crippen LogP contribution in [-0.2, 0) is 4.79 Å². The van der Waals surface area contributed by atoms with E-state index in [0.29, 0.717) is 28.1 Å². The van der Waals surface area contributed by atoms with E-state index in [1.54, 1.807) is 36.5 Å². The van der Waals surface area contributed by atoms with Crippen LogP contribution in [0.2, 0.25) is 0 Å². The Hall–Kier alpha value is -4.32. The highest BCUT2D eigenvalue weighted by molar-refractivity contribution is 5.96. The van der Waals surface area contributed by atoms with Crippen LogP contribution >= 0.6 is 0 Å². The van der Waals surface area contributed by atoms with Crippen molar-refractivity contribution in [2.24, 2.45) is 17.8 Å². The van der Waals surface area contributed by atoms with Gasteiger partial charge in [-0.3, -0.25) is 4.79 Å². The lowest BCUT2D eigenvalue weighted by atomic mass is 9.65. The van der Waals surface area contributed by atoms with Crippen LogP contribution in [-0.4, -0.2) is 26.0 Å². The Morgan fingerprint density at radius 2 is 1.89 bits per heavy atom. The van der Waals surface area contributed by atoms with Gasteiger partial charge < -0.3 is 15.8 Å². The Balaban J connectivity index is 0.000000212. The van der Waals surface area contributed by atoms with Crippen molar-refractivity contribution in [1.29, 1.82) is 5.26 Å². The van der Waals surface area contributed by atoms with E-state index in [9.17, 15) is 18.8 Å². The first-order valence-electron chi connectivity index (χ1n) is 12.2. The van der Waals surface area contributed by atoms with E-state index in [4.69, 9.17) is 10.8 Å². The van der Waals surface area contributed by atoms with E-state index in [2.05, 4.69) is 15.0 Å². The van der Waals surface area contributed by atoms with E-state index in [0.717, 1.165) is 18.5 Å². The molecule has 1 atom stereocenters. The molecule has 37 heavy (non-hydrogen) atoms. The highest BCUT2D eigenvalue weighted by atomic mass is 19.1. The topological polar surface area (TPSA) is 129 Å². The number of benzene rings is 1. The third kappa shape index (κ3) is 4.62. The van der Waals surface area contributed by atoms with Crippen molar-refractivity contribution in [2.45, 2.75) is 32.1 Å². The molecular formula is C28H25F2N5O2. The van der Waals surface area contributed by atoms with Crippen LogP contribution in [0.3, 0.4) is 0 Å². The number of hydrogen-bond donors (Lipinski definition) is 3. The number of nitrogens with one attached hydrogen (secondary N) is 1. The van der Waals surface area contributed by atoms with Crippen LogP contribution in [0.25, 0.3) is 33.4 Å². The smallest absolute Gasteiger partial charge is 0.306 e. The number of aromatic amines is 1. The van der Waals surface area contributed by atoms with Crippen molar-refractivity contribution in [3.63, 3.8) is 0 Å². The third-order valence-electron chi connectivity index (χ3n) is 7.46. The second-order valence-corrected chi connectivity index (χ2v) is 9.60. The minimum absolute atomic E-state index is 0.00231. The molecule has 4 aromatic rings. The Labute approximate surface area is 212 Å². The zero-order valence-electron chi connectivity index (χ0n) is 19.9. The molecule has 188 valence electrons. The van der Waals surface area contributed by atoms with Crippen LogP contribution in [0.15, 0.2) is 48.8 Å². The molecule has 3 heterocycles. The standard InChI is InChI=1S/C19H11F2N5.C9H14O2/c20-11-6-12-14(9-25-19(12)24-8-11)17-13(7-22)15(16(21)18(23)26-17)10-4-2-1-3-5-10;10-9(11)8-5-6-1-3-7(8)4-2-6/h1-6,8-9H,(H2,23,26)(H,24,25);6-8H,1-5H2,(H,10,11). The maximum atomic E-state index is 14.7. The molecule has 0 spiro atoms. The van der Waals surface area contributed by atoms with Crippen LogP contribution in [0.4, 0.5) is 14.6 Å². The first-order valence-corrected chi connectivity index (χ1v) is 12.2. The van der Waals surface area contributed by atoms with Crippen molar-refractivity contribution in [1.82, 2.24) is 15.0 Å². The molecule has 2 bridgehead atoms. The Morgan fingerprint density at radius 1 is 1.16 bits per heavy atom. The molecule has 1 unspecified atom stereocenters. The lowest BCUT2D eigenvalue weighted by Crippen LogP contribution is -2.35. The monoisotopic (exact) mass is 501 g/mol. The Morgan fingerprint density at radius 3 is 2.49 bits per heavy atom. The average Bonchev–Trinajstić information content (AvgIpc) is 3.34. The van der Waals surface area contributed by atoms with E-state index in [1.807, 2.05) is 6.07 Å². The molecule has 0 amide bonds. The molecule has 9 heteroatoms. The Kier molecular flexibility index (Phi) is 6.57. The quantitative estimate of drug-likeness (QED) is 0.320. The zero-order valence-corrected chi connectivity index (χ0v) is 19.9. The summed E-state index contributed by atoms with van der Waals surface area (Å²) in [6.45, 7) is 0. The molecule has 0 saturated heterocycles. The van der Waals surface area contributed by atoms with Crippen LogP contribution in [0, 0.1) is 40.7 Å². The van der Waals surface area contributed by atoms with Gasteiger partial charge in [-0.15, -0.1) is 0 Å². The fraction of sp³-hybridized carbons (Fsp3) is 0.286. The molecule has 3 aromatic heterocycles. The lowest BCUT2D eigenvalue weighted by molar-refractivity contribution is -0.147. The molecule has 3 aliphatic carbocycles. The molecule has 3 aliphatic rings. The molecule has 7 rings (SSSR count). The molecule has 4 N–H and O–H groups in total. The maximum Gasteiger partial charge on any atom is 0.306 e. The number of nitrogen functional groups attached to an aromatic ring is 1. The number of halogens is 2. The molecule has 0 aliphatic heterocycles. The Bertz CT molecular complexity index is 1500. The second kappa shape index (κ2) is 9.97. The number of nitrogens with two attached hydrogens (primary N) is 1. The molecule has 3 fully saturated rings. The van der Waals surface area contributed by atoms with E-state index in [-0.39, 0.29) is 28.6 Å². The van der Waals surface area contributed by atoms with Crippen molar-refractivity contribution in [2.75, 3.05) is 5.73 Å². The van der Waals surface area contributed by atoms with E-state index >= 15 is 0 Å². The molecule has 3 saturated carbocycles. The number of rotatable bonds is 3. The minimum Gasteiger partial charge on any atom is -0.481 e. The number of hydrogen-bond acceptors (Lipinski definition) is 5. The van der Waals surface area contributed by atoms with Gasteiger partial charge in [0.1, 0.15) is 17.5 Å². The second-order valence-electron chi connectivity index (χ2n) is 9.60. The van der Waals surface area contributed by atoms with Gasteiger partial charge in [-0.05, 0) is 42.7 Å². The first-order chi connectivity index (χ1) is 17.9. The van der Waals surface area contributed by atoms with Gasteiger partial charge >= 0.3 is 5.97 Å². The lowest BCUT2D eigenvalue weighted by Gasteiger charge is -2.40. The molecule has 1 aromatic carbocycles. The number of fused-ring (bicyclic) bond motifs is 4. The SMILES string of the molecule is N#Cc1c(-c2c[nH]c3ncc(F)cc23)nc(N)c(F)c1-c1ccccc1.O=C(O)C1CC2CCC1CC2. The van der Waals surface area contributed by atoms with Gasteiger partial charge in [0.25, 0.3) is 0 Å². The number of nitrogens with zero attached hydrogens (tertiary/aromatic N) is 3. The number of aliphatic carboxylic acids is 1. The van der Waals surface area contributed by atoms with Gasteiger partial charge in [0, 0.05) is 22.7 Å². The number of carboxylic acids is 1. The van der Waals surface area contributed by atoms with E-state index < -0.39 is 17.6 Å². The third-order valence-corrected chi connectivity index (χ3v) is 7.46. The molecule has 7 nitrogen and oxygen atoms in total. The van der Waals surface area contributed by atoms with Gasteiger partial charge in [0.05, 0.1) is 23.4 Å². The van der Waals surface area contributed by atoms with Gasteiger partial charge in [0.2, 0.25) is 0 Å². The van der Waals surface area contributed by atoms with Crippen molar-refractivity contribution < 1.29 is 18.7 Å². The normalized spacial score (nSPS) is 20.2. The summed E-state index contributed by atoms with van der Waals surface area (Å²) in [6, 6.07) is 11.9. The van der Waals surface area contributed by atoms with Crippen LogP contribution < -0.4 is 5.73 Å². The summed E-state index contributed by atoms with van der Waals surface area (Å²) in [5, 5.41) is 19.0. The highest BCUT2D eigenvalue weighted by Crippen LogP contribution is 2.45. The molecule has 0 radical (unpaired) electrons. The number of carboxylic acid groups (broad SMARTS) is 1. The fourth-order valence-electron chi connectivity index (χ4n) is 5.62. The van der Waals surface area contributed by atoms with Crippen molar-refractivity contribution in [3.8, 4) is 28.5 Å². The fourth-order valence-corrected chi connectivity index (χ4v) is 5.62. The van der Waals surface area contributed by atoms with Crippen molar-refractivity contribution in [3.05, 3.63) is 66.0 Å². The minimum atomic E-state index is -0.763. The summed E-state index contributed by atoms with van der Waals surface area (Å²) < 4.78 is 28.3. The summed E-state index contributed by atoms with van der Waals surface area (Å²) >= 11 is 0. The van der Waals surface area contributed by atoms with Crippen LogP contribution in [0.1, 0.15) is 37.7 Å². The summed E-state index contributed by atoms with van der Waals surface area (Å²) in [5.74, 6) is -0.937. The summed E-state index contributed by atoms with van der Waals surface area (Å²) in [5.41, 5.74) is 7.37. The van der Waals surface area contributed by atoms with Gasteiger partial charge in [-0.25, -0.2) is 18.7 Å². The van der Waals surface area contributed by atoms with Gasteiger partial charge in [0.15, 0.2) is 11.6 Å². The zero-order chi connectivity index (χ0) is 26.1. The number of H-pyrrole nitrogens is 1. The highest BCUT2D eigenvalue weighted by Gasteiger charge is 2.39. The predicted molar refractivity (Wildman–Crippen MR) is 135 cm³/mol. The summed E-state index contributed by atoms with van der Waals surface area (Å²) in [6.07, 6.45) is 8.49. The summed E-state index contributed by atoms with van der Waals surface area (Å²) in [4.78, 5) is 21.7. The van der Waals surface area contributed by atoms with Gasteiger partial charge in [-0.1, -0.05) is 43.2 Å². The number of aromatic nitrogens is 3. The number of carbonyl (C=O) groups is 1. The first kappa shape index (κ1) is 24.4.